The summed E-state index contributed by atoms with van der Waals surface area (Å²) in [6, 6.07) is 4.12. The number of nitrogens with zero attached hydrogens (tertiary/aromatic N) is 2. The van der Waals surface area contributed by atoms with Gasteiger partial charge in [0.05, 0.1) is 18.8 Å². The Morgan fingerprint density at radius 3 is 3.05 bits per heavy atom. The van der Waals surface area contributed by atoms with E-state index in [2.05, 4.69) is 10.3 Å². The lowest BCUT2D eigenvalue weighted by atomic mass is 10.0. The van der Waals surface area contributed by atoms with Gasteiger partial charge in [0.2, 0.25) is 5.91 Å². The number of aromatic nitrogens is 2. The average molecular weight is 289 g/mol. The highest BCUT2D eigenvalue weighted by Gasteiger charge is 2.32. The van der Waals surface area contributed by atoms with Crippen LogP contribution in [0.2, 0.25) is 0 Å². The SMILES string of the molecule is CC1Oc2cc(F)ccc2C1NC(=O)Cc1cncn1C. The molecule has 2 heterocycles. The highest BCUT2D eigenvalue weighted by atomic mass is 19.1. The van der Waals surface area contributed by atoms with Crippen LogP contribution in [0.25, 0.3) is 0 Å². The minimum atomic E-state index is -0.345. The quantitative estimate of drug-likeness (QED) is 0.936. The normalized spacial score (nSPS) is 20.0. The van der Waals surface area contributed by atoms with Crippen LogP contribution in [0, 0.1) is 5.82 Å². The first kappa shape index (κ1) is 13.6. The molecule has 110 valence electrons. The van der Waals surface area contributed by atoms with Crippen LogP contribution in [-0.2, 0) is 18.3 Å². The second kappa shape index (κ2) is 5.20. The Morgan fingerprint density at radius 2 is 2.33 bits per heavy atom. The Bertz CT molecular complexity index is 683. The number of carbonyl (C=O) groups is 1. The average Bonchev–Trinajstić information content (AvgIpc) is 2.94. The molecule has 1 aromatic carbocycles. The number of amides is 1. The third-order valence-electron chi connectivity index (χ3n) is 3.67. The molecule has 0 aliphatic carbocycles. The third-order valence-corrected chi connectivity index (χ3v) is 3.67. The summed E-state index contributed by atoms with van der Waals surface area (Å²) in [5.41, 5.74) is 1.64. The van der Waals surface area contributed by atoms with Crippen LogP contribution in [-0.4, -0.2) is 21.6 Å². The minimum absolute atomic E-state index is 0.115. The zero-order valence-electron chi connectivity index (χ0n) is 11.8. The molecule has 1 aliphatic heterocycles. The molecule has 5 nitrogen and oxygen atoms in total. The smallest absolute Gasteiger partial charge is 0.226 e. The summed E-state index contributed by atoms with van der Waals surface area (Å²) >= 11 is 0. The Kier molecular flexibility index (Phi) is 3.37. The van der Waals surface area contributed by atoms with Gasteiger partial charge in [0.15, 0.2) is 0 Å². The van der Waals surface area contributed by atoms with Crippen LogP contribution in [0.4, 0.5) is 4.39 Å². The lowest BCUT2D eigenvalue weighted by Gasteiger charge is -2.16. The largest absolute Gasteiger partial charge is 0.488 e. The van der Waals surface area contributed by atoms with Gasteiger partial charge in [0.1, 0.15) is 17.7 Å². The number of ether oxygens (including phenoxy) is 1. The van der Waals surface area contributed by atoms with E-state index in [1.165, 1.54) is 12.1 Å². The van der Waals surface area contributed by atoms with E-state index in [0.717, 1.165) is 11.3 Å². The number of halogens is 1. The van der Waals surface area contributed by atoms with Gasteiger partial charge < -0.3 is 14.6 Å². The third kappa shape index (κ3) is 2.61. The highest BCUT2D eigenvalue weighted by molar-refractivity contribution is 5.79. The molecule has 2 atom stereocenters. The Hall–Kier alpha value is -2.37. The maximum atomic E-state index is 13.2. The molecule has 0 saturated carbocycles. The van der Waals surface area contributed by atoms with Gasteiger partial charge in [-0.05, 0) is 13.0 Å². The van der Waals surface area contributed by atoms with E-state index >= 15 is 0 Å². The number of aryl methyl sites for hydroxylation is 1. The number of hydrogen-bond acceptors (Lipinski definition) is 3. The fourth-order valence-electron chi connectivity index (χ4n) is 2.53. The molecule has 1 aromatic heterocycles. The van der Waals surface area contributed by atoms with Gasteiger partial charge in [-0.25, -0.2) is 9.37 Å². The number of carbonyl (C=O) groups excluding carboxylic acids is 1. The lowest BCUT2D eigenvalue weighted by molar-refractivity contribution is -0.121. The number of fused-ring (bicyclic) bond motifs is 1. The van der Waals surface area contributed by atoms with Crippen molar-refractivity contribution in [2.45, 2.75) is 25.5 Å². The number of rotatable bonds is 3. The molecule has 3 rings (SSSR count). The van der Waals surface area contributed by atoms with Crippen LogP contribution in [0.5, 0.6) is 5.75 Å². The first-order valence-electron chi connectivity index (χ1n) is 6.75. The van der Waals surface area contributed by atoms with Crippen molar-refractivity contribution < 1.29 is 13.9 Å². The molecule has 0 bridgehead atoms. The van der Waals surface area contributed by atoms with E-state index in [1.54, 1.807) is 23.2 Å². The fourth-order valence-corrected chi connectivity index (χ4v) is 2.53. The van der Waals surface area contributed by atoms with Gasteiger partial charge >= 0.3 is 0 Å². The maximum absolute atomic E-state index is 13.2. The van der Waals surface area contributed by atoms with Crippen molar-refractivity contribution in [2.24, 2.45) is 7.05 Å². The van der Waals surface area contributed by atoms with E-state index in [4.69, 9.17) is 4.74 Å². The van der Waals surface area contributed by atoms with Crippen molar-refractivity contribution in [3.8, 4) is 5.75 Å². The molecule has 2 unspecified atom stereocenters. The summed E-state index contributed by atoms with van der Waals surface area (Å²) < 4.78 is 20.6. The van der Waals surface area contributed by atoms with Gasteiger partial charge in [0, 0.05) is 30.6 Å². The topological polar surface area (TPSA) is 56.1 Å². The van der Waals surface area contributed by atoms with Crippen LogP contribution < -0.4 is 10.1 Å². The highest BCUT2D eigenvalue weighted by Crippen LogP contribution is 2.36. The molecule has 1 aliphatic rings. The molecule has 6 heteroatoms. The number of hydrogen-bond donors (Lipinski definition) is 1. The van der Waals surface area contributed by atoms with Gasteiger partial charge in [-0.3, -0.25) is 4.79 Å². The van der Waals surface area contributed by atoms with Crippen molar-refractivity contribution in [3.63, 3.8) is 0 Å². The van der Waals surface area contributed by atoms with Crippen molar-refractivity contribution in [1.82, 2.24) is 14.9 Å². The van der Waals surface area contributed by atoms with Gasteiger partial charge in [-0.2, -0.15) is 0 Å². The number of imidazole rings is 1. The summed E-state index contributed by atoms with van der Waals surface area (Å²) in [5.74, 6) is 0.0346. The summed E-state index contributed by atoms with van der Waals surface area (Å²) in [5, 5.41) is 2.94. The Balaban J connectivity index is 1.73. The fraction of sp³-hybridized carbons (Fsp3) is 0.333. The molecule has 1 N–H and O–H groups in total. The van der Waals surface area contributed by atoms with Crippen molar-refractivity contribution >= 4 is 5.91 Å². The maximum Gasteiger partial charge on any atom is 0.226 e. The molecule has 0 spiro atoms. The van der Waals surface area contributed by atoms with Gasteiger partial charge in [-0.15, -0.1) is 0 Å². The Labute approximate surface area is 121 Å². The lowest BCUT2D eigenvalue weighted by Crippen LogP contribution is -2.35. The minimum Gasteiger partial charge on any atom is -0.488 e. The molecule has 0 saturated heterocycles. The predicted molar refractivity (Wildman–Crippen MR) is 74.3 cm³/mol. The summed E-state index contributed by atoms with van der Waals surface area (Å²) in [7, 11) is 1.84. The molecule has 21 heavy (non-hydrogen) atoms. The van der Waals surface area contributed by atoms with E-state index in [-0.39, 0.29) is 30.3 Å². The van der Waals surface area contributed by atoms with Gasteiger partial charge in [-0.1, -0.05) is 6.07 Å². The molecular formula is C15H16FN3O2. The van der Waals surface area contributed by atoms with Crippen LogP contribution in [0.3, 0.4) is 0 Å². The first-order chi connectivity index (χ1) is 10.0. The molecule has 0 fully saturated rings. The van der Waals surface area contributed by atoms with Crippen LogP contribution in [0.15, 0.2) is 30.7 Å². The summed E-state index contributed by atoms with van der Waals surface area (Å²) in [6.07, 6.45) is 3.34. The first-order valence-corrected chi connectivity index (χ1v) is 6.75. The molecule has 2 aromatic rings. The standard InChI is InChI=1S/C15H16FN3O2/c1-9-15(12-4-3-10(16)5-13(12)21-9)18-14(20)6-11-7-17-8-19(11)2/h3-5,7-9,15H,6H2,1-2H3,(H,18,20). The van der Waals surface area contributed by atoms with Gasteiger partial charge in [0.25, 0.3) is 0 Å². The van der Waals surface area contributed by atoms with E-state index in [0.29, 0.717) is 5.75 Å². The van der Waals surface area contributed by atoms with E-state index in [9.17, 15) is 9.18 Å². The number of nitrogens with one attached hydrogen (secondary N) is 1. The van der Waals surface area contributed by atoms with Crippen LogP contribution in [0.1, 0.15) is 24.2 Å². The van der Waals surface area contributed by atoms with E-state index < -0.39 is 0 Å². The molecule has 0 radical (unpaired) electrons. The zero-order valence-corrected chi connectivity index (χ0v) is 11.8. The van der Waals surface area contributed by atoms with Crippen molar-refractivity contribution in [3.05, 3.63) is 47.8 Å². The number of benzene rings is 1. The second-order valence-electron chi connectivity index (χ2n) is 5.22. The summed E-state index contributed by atoms with van der Waals surface area (Å²) in [4.78, 5) is 16.1. The zero-order chi connectivity index (χ0) is 15.0. The van der Waals surface area contributed by atoms with E-state index in [1.807, 2.05) is 14.0 Å². The Morgan fingerprint density at radius 1 is 1.52 bits per heavy atom. The monoisotopic (exact) mass is 289 g/mol. The van der Waals surface area contributed by atoms with Crippen LogP contribution >= 0.6 is 0 Å². The molecule has 1 amide bonds. The van der Waals surface area contributed by atoms with Crippen molar-refractivity contribution in [2.75, 3.05) is 0 Å². The molecular weight excluding hydrogens is 273 g/mol. The summed E-state index contributed by atoms with van der Waals surface area (Å²) in [6.45, 7) is 1.85. The predicted octanol–water partition coefficient (Wildman–Crippen LogP) is 1.74. The second-order valence-corrected chi connectivity index (χ2v) is 5.22. The van der Waals surface area contributed by atoms with Crippen molar-refractivity contribution in [1.29, 1.82) is 0 Å².